The van der Waals surface area contributed by atoms with Crippen molar-refractivity contribution in [2.45, 2.75) is 38.7 Å². The minimum atomic E-state index is -0.0431. The van der Waals surface area contributed by atoms with Gasteiger partial charge in [0.2, 0.25) is 0 Å². The minimum Gasteiger partial charge on any atom is -0.488 e. The molecule has 1 heterocycles. The number of amides is 1. The predicted molar refractivity (Wildman–Crippen MR) is 70.0 cm³/mol. The van der Waals surface area contributed by atoms with E-state index in [0.717, 1.165) is 24.3 Å². The van der Waals surface area contributed by atoms with E-state index < -0.39 is 0 Å². The first-order valence-corrected chi connectivity index (χ1v) is 6.37. The fraction of sp³-hybridized carbons (Fsp3) is 0.571. The van der Waals surface area contributed by atoms with Crippen molar-refractivity contribution in [3.05, 3.63) is 23.5 Å². The van der Waals surface area contributed by atoms with Gasteiger partial charge in [0.1, 0.15) is 5.75 Å². The van der Waals surface area contributed by atoms with Crippen LogP contribution in [0.15, 0.2) is 12.3 Å². The monoisotopic (exact) mass is 248 g/mol. The Hall–Kier alpha value is -1.58. The van der Waals surface area contributed by atoms with Gasteiger partial charge in [-0.15, -0.1) is 0 Å². The smallest absolute Gasteiger partial charge is 0.255 e. The zero-order chi connectivity index (χ0) is 13.3. The summed E-state index contributed by atoms with van der Waals surface area (Å²) in [5, 5.41) is 0. The molecule has 1 amide bonds. The molecule has 1 aromatic heterocycles. The molecule has 0 N–H and O–H groups in total. The number of ether oxygens (including phenoxy) is 1. The fourth-order valence-electron chi connectivity index (χ4n) is 1.72. The predicted octanol–water partition coefficient (Wildman–Crippen LogP) is 2.45. The molecular formula is C14H20N2O2. The first kappa shape index (κ1) is 12.9. The van der Waals surface area contributed by atoms with E-state index in [1.807, 2.05) is 6.07 Å². The van der Waals surface area contributed by atoms with Crippen LogP contribution in [0.5, 0.6) is 5.75 Å². The molecule has 0 saturated heterocycles. The molecule has 1 aliphatic rings. The molecular weight excluding hydrogens is 228 g/mol. The van der Waals surface area contributed by atoms with Crippen molar-refractivity contribution < 1.29 is 9.53 Å². The Morgan fingerprint density at radius 1 is 1.44 bits per heavy atom. The maximum absolute atomic E-state index is 11.9. The average Bonchev–Trinajstić information content (AvgIpc) is 3.11. The average molecular weight is 248 g/mol. The molecule has 2 rings (SSSR count). The lowest BCUT2D eigenvalue weighted by Gasteiger charge is -2.15. The van der Waals surface area contributed by atoms with Crippen LogP contribution in [0.25, 0.3) is 0 Å². The van der Waals surface area contributed by atoms with Crippen molar-refractivity contribution in [1.29, 1.82) is 0 Å². The SMILES string of the molecule is CC(C)c1ncc(C(=O)N(C)C)cc1OC1CC1. The van der Waals surface area contributed by atoms with E-state index in [4.69, 9.17) is 4.74 Å². The van der Waals surface area contributed by atoms with Crippen LogP contribution in [-0.2, 0) is 0 Å². The quantitative estimate of drug-likeness (QED) is 0.822. The Morgan fingerprint density at radius 3 is 2.61 bits per heavy atom. The molecule has 0 unspecified atom stereocenters. The largest absolute Gasteiger partial charge is 0.488 e. The zero-order valence-electron chi connectivity index (χ0n) is 11.4. The number of rotatable bonds is 4. The van der Waals surface area contributed by atoms with Gasteiger partial charge in [0, 0.05) is 20.3 Å². The lowest BCUT2D eigenvalue weighted by molar-refractivity contribution is 0.0826. The van der Waals surface area contributed by atoms with Crippen LogP contribution in [0, 0.1) is 0 Å². The Kier molecular flexibility index (Phi) is 3.55. The summed E-state index contributed by atoms with van der Waals surface area (Å²) in [6, 6.07) is 1.82. The fourth-order valence-corrected chi connectivity index (χ4v) is 1.72. The highest BCUT2D eigenvalue weighted by Crippen LogP contribution is 2.32. The van der Waals surface area contributed by atoms with E-state index in [0.29, 0.717) is 17.6 Å². The Labute approximate surface area is 108 Å². The number of carbonyl (C=O) groups excluding carboxylic acids is 1. The summed E-state index contributed by atoms with van der Waals surface area (Å²) in [4.78, 5) is 17.8. The third-order valence-electron chi connectivity index (χ3n) is 2.90. The maximum Gasteiger partial charge on any atom is 0.255 e. The summed E-state index contributed by atoms with van der Waals surface area (Å²) >= 11 is 0. The second kappa shape index (κ2) is 4.96. The van der Waals surface area contributed by atoms with E-state index in [1.54, 1.807) is 25.2 Å². The molecule has 1 aliphatic carbocycles. The van der Waals surface area contributed by atoms with Crippen molar-refractivity contribution in [3.63, 3.8) is 0 Å². The standard InChI is InChI=1S/C14H20N2O2/c1-9(2)13-12(18-11-5-6-11)7-10(8-15-13)14(17)16(3)4/h7-9,11H,5-6H2,1-4H3. The van der Waals surface area contributed by atoms with Gasteiger partial charge in [-0.1, -0.05) is 13.8 Å². The van der Waals surface area contributed by atoms with E-state index in [-0.39, 0.29) is 5.91 Å². The molecule has 0 radical (unpaired) electrons. The van der Waals surface area contributed by atoms with Crippen LogP contribution in [0.1, 0.15) is 48.7 Å². The molecule has 18 heavy (non-hydrogen) atoms. The summed E-state index contributed by atoms with van der Waals surface area (Å²) in [5.41, 5.74) is 1.51. The van der Waals surface area contributed by atoms with Gasteiger partial charge in [-0.3, -0.25) is 9.78 Å². The Morgan fingerprint density at radius 2 is 2.11 bits per heavy atom. The van der Waals surface area contributed by atoms with E-state index in [1.165, 1.54) is 0 Å². The highest BCUT2D eigenvalue weighted by molar-refractivity contribution is 5.94. The molecule has 0 bridgehead atoms. The molecule has 0 spiro atoms. The van der Waals surface area contributed by atoms with Gasteiger partial charge in [-0.05, 0) is 24.8 Å². The number of hydrogen-bond acceptors (Lipinski definition) is 3. The molecule has 1 saturated carbocycles. The molecule has 4 heteroatoms. The molecule has 0 aliphatic heterocycles. The third-order valence-corrected chi connectivity index (χ3v) is 2.90. The first-order chi connectivity index (χ1) is 8.49. The van der Waals surface area contributed by atoms with Gasteiger partial charge >= 0.3 is 0 Å². The maximum atomic E-state index is 11.9. The van der Waals surface area contributed by atoms with E-state index >= 15 is 0 Å². The van der Waals surface area contributed by atoms with Gasteiger partial charge in [0.05, 0.1) is 17.4 Å². The highest BCUT2D eigenvalue weighted by atomic mass is 16.5. The molecule has 1 aromatic rings. The normalized spacial score (nSPS) is 14.7. The molecule has 98 valence electrons. The summed E-state index contributed by atoms with van der Waals surface area (Å²) < 4.78 is 5.86. The number of nitrogens with zero attached hydrogens (tertiary/aromatic N) is 2. The van der Waals surface area contributed by atoms with Gasteiger partial charge in [0.15, 0.2) is 0 Å². The summed E-state index contributed by atoms with van der Waals surface area (Å²) in [6.45, 7) is 4.16. The van der Waals surface area contributed by atoms with Gasteiger partial charge in [-0.25, -0.2) is 0 Å². The van der Waals surface area contributed by atoms with Gasteiger partial charge < -0.3 is 9.64 Å². The minimum absolute atomic E-state index is 0.0431. The van der Waals surface area contributed by atoms with Crippen molar-refractivity contribution >= 4 is 5.91 Å². The number of carbonyl (C=O) groups is 1. The Balaban J connectivity index is 2.31. The van der Waals surface area contributed by atoms with Crippen LogP contribution < -0.4 is 4.74 Å². The topological polar surface area (TPSA) is 42.4 Å². The lowest BCUT2D eigenvalue weighted by atomic mass is 10.1. The van der Waals surface area contributed by atoms with Crippen LogP contribution >= 0.6 is 0 Å². The molecule has 0 aromatic carbocycles. The number of hydrogen-bond donors (Lipinski definition) is 0. The van der Waals surface area contributed by atoms with Crippen LogP contribution in [0.3, 0.4) is 0 Å². The second-order valence-corrected chi connectivity index (χ2v) is 5.28. The van der Waals surface area contributed by atoms with Gasteiger partial charge in [-0.2, -0.15) is 0 Å². The van der Waals surface area contributed by atoms with Crippen molar-refractivity contribution in [3.8, 4) is 5.75 Å². The highest BCUT2D eigenvalue weighted by Gasteiger charge is 2.26. The number of pyridine rings is 1. The lowest BCUT2D eigenvalue weighted by Crippen LogP contribution is -2.22. The Bertz CT molecular complexity index is 451. The van der Waals surface area contributed by atoms with E-state index in [9.17, 15) is 4.79 Å². The van der Waals surface area contributed by atoms with Crippen molar-refractivity contribution in [2.75, 3.05) is 14.1 Å². The zero-order valence-corrected chi connectivity index (χ0v) is 11.4. The first-order valence-electron chi connectivity index (χ1n) is 6.37. The summed E-state index contributed by atoms with van der Waals surface area (Å²) in [5.74, 6) is 1.01. The van der Waals surface area contributed by atoms with Crippen LogP contribution in [0.2, 0.25) is 0 Å². The van der Waals surface area contributed by atoms with E-state index in [2.05, 4.69) is 18.8 Å². The molecule has 4 nitrogen and oxygen atoms in total. The van der Waals surface area contributed by atoms with Crippen LogP contribution in [0.4, 0.5) is 0 Å². The second-order valence-electron chi connectivity index (χ2n) is 5.28. The third kappa shape index (κ3) is 2.81. The molecule has 1 fully saturated rings. The summed E-state index contributed by atoms with van der Waals surface area (Å²) in [7, 11) is 3.47. The van der Waals surface area contributed by atoms with Crippen molar-refractivity contribution in [1.82, 2.24) is 9.88 Å². The molecule has 0 atom stereocenters. The van der Waals surface area contributed by atoms with Crippen molar-refractivity contribution in [2.24, 2.45) is 0 Å². The van der Waals surface area contributed by atoms with Crippen LogP contribution in [-0.4, -0.2) is 36.0 Å². The summed E-state index contributed by atoms with van der Waals surface area (Å²) in [6.07, 6.45) is 4.15. The number of aromatic nitrogens is 1. The van der Waals surface area contributed by atoms with Gasteiger partial charge in [0.25, 0.3) is 5.91 Å².